The van der Waals surface area contributed by atoms with E-state index in [4.69, 9.17) is 9.15 Å². The van der Waals surface area contributed by atoms with E-state index < -0.39 is 0 Å². The van der Waals surface area contributed by atoms with Crippen molar-refractivity contribution in [1.82, 2.24) is 0 Å². The average molecular weight is 421 g/mol. The molecule has 1 heterocycles. The van der Waals surface area contributed by atoms with Crippen LogP contribution < -0.4 is 0 Å². The van der Waals surface area contributed by atoms with E-state index in [9.17, 15) is 4.79 Å². The van der Waals surface area contributed by atoms with Crippen LogP contribution >= 0.6 is 0 Å². The van der Waals surface area contributed by atoms with Gasteiger partial charge in [0.25, 0.3) is 0 Å². The van der Waals surface area contributed by atoms with Gasteiger partial charge in [0.1, 0.15) is 0 Å². The highest BCUT2D eigenvalue weighted by Crippen LogP contribution is 2.15. The molecule has 1 aromatic heterocycles. The molecule has 0 aromatic carbocycles. The molecule has 0 amide bonds. The first kappa shape index (κ1) is 26.8. The van der Waals surface area contributed by atoms with Crippen LogP contribution in [0, 0.1) is 0 Å². The summed E-state index contributed by atoms with van der Waals surface area (Å²) in [5.74, 6) is -0.0547. The predicted octanol–water partition coefficient (Wildman–Crippen LogP) is 9.26. The van der Waals surface area contributed by atoms with Crippen molar-refractivity contribution in [1.29, 1.82) is 0 Å². The van der Waals surface area contributed by atoms with Crippen molar-refractivity contribution < 1.29 is 13.9 Å². The normalized spacial score (nSPS) is 11.1. The predicted molar refractivity (Wildman–Crippen MR) is 127 cm³/mol. The maximum Gasteiger partial charge on any atom is 0.374 e. The van der Waals surface area contributed by atoms with Gasteiger partial charge in [-0.25, -0.2) is 4.79 Å². The molecule has 174 valence electrons. The van der Waals surface area contributed by atoms with Crippen molar-refractivity contribution in [3.05, 3.63) is 24.2 Å². The van der Waals surface area contributed by atoms with Gasteiger partial charge in [0.2, 0.25) is 5.76 Å². The number of hydrogen-bond acceptors (Lipinski definition) is 3. The summed E-state index contributed by atoms with van der Waals surface area (Å²) in [5, 5.41) is 0. The molecule has 0 N–H and O–H groups in total. The summed E-state index contributed by atoms with van der Waals surface area (Å²) in [4.78, 5) is 11.6. The van der Waals surface area contributed by atoms with E-state index in [1.807, 2.05) is 0 Å². The molecule has 0 atom stereocenters. The van der Waals surface area contributed by atoms with Crippen LogP contribution in [0.4, 0.5) is 0 Å². The summed E-state index contributed by atoms with van der Waals surface area (Å²) in [7, 11) is 0. The molecule has 0 saturated heterocycles. The van der Waals surface area contributed by atoms with Crippen molar-refractivity contribution in [2.75, 3.05) is 6.61 Å². The molecule has 0 fully saturated rings. The molecule has 3 nitrogen and oxygen atoms in total. The summed E-state index contributed by atoms with van der Waals surface area (Å²) in [6.07, 6.45) is 29.0. The maximum atomic E-state index is 11.6. The van der Waals surface area contributed by atoms with E-state index in [1.54, 1.807) is 12.1 Å². The van der Waals surface area contributed by atoms with Gasteiger partial charge in [0.15, 0.2) is 0 Å². The summed E-state index contributed by atoms with van der Waals surface area (Å²) < 4.78 is 10.2. The fourth-order valence-corrected chi connectivity index (χ4v) is 3.99. The number of carbonyl (C=O) groups excluding carboxylic acids is 1. The number of unbranched alkanes of at least 4 members (excludes halogenated alkanes) is 19. The second-order valence-electron chi connectivity index (χ2n) is 8.83. The second-order valence-corrected chi connectivity index (χ2v) is 8.83. The lowest BCUT2D eigenvalue weighted by molar-refractivity contribution is 0.0461. The Morgan fingerprint density at radius 1 is 0.667 bits per heavy atom. The molecule has 0 bridgehead atoms. The van der Waals surface area contributed by atoms with Gasteiger partial charge in [-0.2, -0.15) is 0 Å². The lowest BCUT2D eigenvalue weighted by Crippen LogP contribution is -2.05. The Morgan fingerprint density at radius 3 is 1.43 bits per heavy atom. The Labute approximate surface area is 186 Å². The van der Waals surface area contributed by atoms with Gasteiger partial charge in [-0.15, -0.1) is 0 Å². The molecule has 0 aliphatic rings. The monoisotopic (exact) mass is 420 g/mol. The average Bonchev–Trinajstić information content (AvgIpc) is 3.30. The Balaban J connectivity index is 1.68. The zero-order valence-corrected chi connectivity index (χ0v) is 19.8. The fraction of sp³-hybridized carbons (Fsp3) is 0.815. The Morgan fingerprint density at radius 2 is 1.07 bits per heavy atom. The van der Waals surface area contributed by atoms with Gasteiger partial charge >= 0.3 is 5.97 Å². The van der Waals surface area contributed by atoms with Crippen LogP contribution in [0.1, 0.15) is 146 Å². The standard InChI is InChI=1S/C27H48O3/c1-2-3-4-5-6-7-8-9-10-11-12-13-14-15-16-17-18-19-20-21-24-30-27(28)26-23-22-25-29-26/h22-23,25H,2-21,24H2,1H3. The summed E-state index contributed by atoms with van der Waals surface area (Å²) in [5.41, 5.74) is 0. The van der Waals surface area contributed by atoms with Gasteiger partial charge < -0.3 is 9.15 Å². The minimum Gasteiger partial charge on any atom is -0.460 e. The smallest absolute Gasteiger partial charge is 0.374 e. The molecular weight excluding hydrogens is 372 g/mol. The van der Waals surface area contributed by atoms with Crippen molar-refractivity contribution in [2.45, 2.75) is 135 Å². The quantitative estimate of drug-likeness (QED) is 0.138. The van der Waals surface area contributed by atoms with E-state index in [-0.39, 0.29) is 5.97 Å². The molecule has 1 aromatic rings. The molecule has 30 heavy (non-hydrogen) atoms. The third-order valence-electron chi connectivity index (χ3n) is 5.95. The van der Waals surface area contributed by atoms with Crippen molar-refractivity contribution >= 4 is 5.97 Å². The lowest BCUT2D eigenvalue weighted by Gasteiger charge is -2.04. The first-order chi connectivity index (χ1) is 14.8. The Hall–Kier alpha value is -1.25. The van der Waals surface area contributed by atoms with Crippen LogP contribution in [-0.4, -0.2) is 12.6 Å². The number of ether oxygens (including phenoxy) is 1. The van der Waals surface area contributed by atoms with E-state index in [1.165, 1.54) is 122 Å². The second kappa shape index (κ2) is 21.0. The Kier molecular flexibility index (Phi) is 18.7. The number of furan rings is 1. The molecule has 0 unspecified atom stereocenters. The molecule has 0 spiro atoms. The van der Waals surface area contributed by atoms with Crippen LogP contribution in [-0.2, 0) is 4.74 Å². The van der Waals surface area contributed by atoms with Gasteiger partial charge in [0, 0.05) is 0 Å². The first-order valence-corrected chi connectivity index (χ1v) is 13.0. The number of esters is 1. The van der Waals surface area contributed by atoms with Crippen LogP contribution in [0.5, 0.6) is 0 Å². The van der Waals surface area contributed by atoms with Crippen molar-refractivity contribution in [3.8, 4) is 0 Å². The topological polar surface area (TPSA) is 39.4 Å². The lowest BCUT2D eigenvalue weighted by atomic mass is 10.0. The van der Waals surface area contributed by atoms with E-state index in [0.717, 1.165) is 12.8 Å². The third-order valence-corrected chi connectivity index (χ3v) is 5.95. The molecular formula is C27H48O3. The first-order valence-electron chi connectivity index (χ1n) is 13.0. The summed E-state index contributed by atoms with van der Waals surface area (Å²) in [6, 6.07) is 3.34. The van der Waals surface area contributed by atoms with Crippen LogP contribution in [0.2, 0.25) is 0 Å². The fourth-order valence-electron chi connectivity index (χ4n) is 3.99. The largest absolute Gasteiger partial charge is 0.460 e. The van der Waals surface area contributed by atoms with E-state index in [2.05, 4.69) is 6.92 Å². The summed E-state index contributed by atoms with van der Waals surface area (Å²) in [6.45, 7) is 2.79. The van der Waals surface area contributed by atoms with Gasteiger partial charge in [-0.1, -0.05) is 129 Å². The Bertz CT molecular complexity index is 466. The minimum atomic E-state index is -0.349. The van der Waals surface area contributed by atoms with E-state index >= 15 is 0 Å². The summed E-state index contributed by atoms with van der Waals surface area (Å²) >= 11 is 0. The van der Waals surface area contributed by atoms with Gasteiger partial charge in [-0.05, 0) is 18.6 Å². The third kappa shape index (κ3) is 16.5. The van der Waals surface area contributed by atoms with E-state index in [0.29, 0.717) is 12.4 Å². The molecule has 0 aliphatic carbocycles. The van der Waals surface area contributed by atoms with Gasteiger partial charge in [-0.3, -0.25) is 0 Å². The molecule has 0 aliphatic heterocycles. The highest BCUT2D eigenvalue weighted by molar-refractivity contribution is 5.86. The maximum absolute atomic E-state index is 11.6. The molecule has 3 heteroatoms. The SMILES string of the molecule is CCCCCCCCCCCCCCCCCCCCCCOC(=O)c1ccco1. The molecule has 0 saturated carbocycles. The van der Waals surface area contributed by atoms with Crippen LogP contribution in [0.25, 0.3) is 0 Å². The van der Waals surface area contributed by atoms with Crippen LogP contribution in [0.15, 0.2) is 22.8 Å². The number of carbonyl (C=O) groups is 1. The zero-order valence-electron chi connectivity index (χ0n) is 19.8. The molecule has 1 rings (SSSR count). The number of hydrogen-bond donors (Lipinski definition) is 0. The highest BCUT2D eigenvalue weighted by atomic mass is 16.5. The highest BCUT2D eigenvalue weighted by Gasteiger charge is 2.08. The molecule has 0 radical (unpaired) electrons. The number of rotatable bonds is 22. The minimum absolute atomic E-state index is 0.295. The van der Waals surface area contributed by atoms with Gasteiger partial charge in [0.05, 0.1) is 12.9 Å². The van der Waals surface area contributed by atoms with Crippen molar-refractivity contribution in [3.63, 3.8) is 0 Å². The van der Waals surface area contributed by atoms with Crippen molar-refractivity contribution in [2.24, 2.45) is 0 Å². The van der Waals surface area contributed by atoms with Crippen LogP contribution in [0.3, 0.4) is 0 Å². The zero-order chi connectivity index (χ0) is 21.5.